The number of thioether (sulfide) groups is 1. The number of anilines is 1. The summed E-state index contributed by atoms with van der Waals surface area (Å²) < 4.78 is 0. The van der Waals surface area contributed by atoms with E-state index in [0.29, 0.717) is 6.04 Å². The van der Waals surface area contributed by atoms with Crippen LogP contribution in [0.25, 0.3) is 0 Å². The van der Waals surface area contributed by atoms with Crippen molar-refractivity contribution in [2.24, 2.45) is 4.99 Å². The number of rotatable bonds is 4. The van der Waals surface area contributed by atoms with Crippen molar-refractivity contribution in [3.63, 3.8) is 0 Å². The van der Waals surface area contributed by atoms with E-state index >= 15 is 0 Å². The Morgan fingerprint density at radius 2 is 1.87 bits per heavy atom. The van der Waals surface area contributed by atoms with E-state index in [9.17, 15) is 0 Å². The van der Waals surface area contributed by atoms with Gasteiger partial charge in [0.15, 0.2) is 5.96 Å². The van der Waals surface area contributed by atoms with Crippen LogP contribution in [0, 0.1) is 0 Å². The summed E-state index contributed by atoms with van der Waals surface area (Å²) in [5, 5.41) is 6.96. The maximum atomic E-state index is 4.34. The molecule has 0 amide bonds. The molecule has 1 aliphatic heterocycles. The van der Waals surface area contributed by atoms with Crippen LogP contribution in [-0.4, -0.2) is 43.6 Å². The second-order valence-corrected chi connectivity index (χ2v) is 7.54. The van der Waals surface area contributed by atoms with Gasteiger partial charge in [0.2, 0.25) is 0 Å². The van der Waals surface area contributed by atoms with Crippen molar-refractivity contribution in [2.75, 3.05) is 36.5 Å². The van der Waals surface area contributed by atoms with Gasteiger partial charge < -0.3 is 15.5 Å². The van der Waals surface area contributed by atoms with Gasteiger partial charge in [-0.05, 0) is 30.5 Å². The van der Waals surface area contributed by atoms with E-state index in [1.54, 1.807) is 0 Å². The molecule has 1 saturated carbocycles. The molecule has 0 unspecified atom stereocenters. The van der Waals surface area contributed by atoms with Crippen LogP contribution in [0.2, 0.25) is 0 Å². The second kappa shape index (κ2) is 8.48. The zero-order chi connectivity index (χ0) is 15.9. The average molecular weight is 333 g/mol. The molecule has 3 rings (SSSR count). The third kappa shape index (κ3) is 4.80. The quantitative estimate of drug-likeness (QED) is 0.657. The van der Waals surface area contributed by atoms with Crippen LogP contribution in [-0.2, 0) is 6.54 Å². The minimum absolute atomic E-state index is 0.598. The molecule has 5 heteroatoms. The molecule has 4 nitrogen and oxygen atoms in total. The van der Waals surface area contributed by atoms with E-state index in [1.807, 2.05) is 7.05 Å². The molecule has 2 N–H and O–H groups in total. The number of benzene rings is 1. The molecular weight excluding hydrogens is 304 g/mol. The number of nitrogens with one attached hydrogen (secondary N) is 2. The van der Waals surface area contributed by atoms with Gasteiger partial charge >= 0.3 is 0 Å². The molecule has 2 fully saturated rings. The lowest BCUT2D eigenvalue weighted by Crippen LogP contribution is -2.41. The van der Waals surface area contributed by atoms with Crippen LogP contribution >= 0.6 is 11.8 Å². The van der Waals surface area contributed by atoms with Crippen molar-refractivity contribution >= 4 is 23.4 Å². The van der Waals surface area contributed by atoms with Gasteiger partial charge in [0.05, 0.1) is 0 Å². The summed E-state index contributed by atoms with van der Waals surface area (Å²) in [6, 6.07) is 9.56. The number of guanidine groups is 1. The zero-order valence-corrected chi connectivity index (χ0v) is 14.9. The van der Waals surface area contributed by atoms with Gasteiger partial charge in [0.1, 0.15) is 0 Å². The lowest BCUT2D eigenvalue weighted by molar-refractivity contribution is 0.613. The van der Waals surface area contributed by atoms with Crippen molar-refractivity contribution in [1.29, 1.82) is 0 Å². The van der Waals surface area contributed by atoms with Crippen molar-refractivity contribution in [3.8, 4) is 0 Å². The molecule has 0 atom stereocenters. The molecular formula is C18H28N4S. The van der Waals surface area contributed by atoms with Crippen LogP contribution in [0.1, 0.15) is 31.2 Å². The standard InChI is InChI=1S/C18H28N4S/c1-19-18(21-16-4-2-3-5-16)20-14-15-6-8-17(9-7-15)22-10-12-23-13-11-22/h6-9,16H,2-5,10-14H2,1H3,(H2,19,20,21). The lowest BCUT2D eigenvalue weighted by atomic mass is 10.2. The lowest BCUT2D eigenvalue weighted by Gasteiger charge is -2.28. The van der Waals surface area contributed by atoms with Crippen molar-refractivity contribution in [1.82, 2.24) is 10.6 Å². The topological polar surface area (TPSA) is 39.7 Å². The highest BCUT2D eigenvalue weighted by Gasteiger charge is 2.15. The van der Waals surface area contributed by atoms with Gasteiger partial charge in [-0.2, -0.15) is 11.8 Å². The molecule has 1 heterocycles. The average Bonchev–Trinajstić information content (AvgIpc) is 3.13. The molecule has 1 aliphatic carbocycles. The Morgan fingerprint density at radius 3 is 2.52 bits per heavy atom. The zero-order valence-electron chi connectivity index (χ0n) is 14.1. The third-order valence-electron chi connectivity index (χ3n) is 4.69. The van der Waals surface area contributed by atoms with E-state index < -0.39 is 0 Å². The van der Waals surface area contributed by atoms with E-state index in [-0.39, 0.29) is 0 Å². The van der Waals surface area contributed by atoms with E-state index in [1.165, 1.54) is 61.5 Å². The van der Waals surface area contributed by atoms with Crippen LogP contribution in [0.3, 0.4) is 0 Å². The summed E-state index contributed by atoms with van der Waals surface area (Å²) in [7, 11) is 1.85. The maximum absolute atomic E-state index is 4.34. The molecule has 1 aromatic rings. The van der Waals surface area contributed by atoms with Gasteiger partial charge in [-0.15, -0.1) is 0 Å². The molecule has 0 bridgehead atoms. The molecule has 0 spiro atoms. The number of hydrogen-bond donors (Lipinski definition) is 2. The molecule has 0 radical (unpaired) electrons. The van der Waals surface area contributed by atoms with Crippen molar-refractivity contribution in [2.45, 2.75) is 38.3 Å². The largest absolute Gasteiger partial charge is 0.370 e. The summed E-state index contributed by atoms with van der Waals surface area (Å²) in [5.74, 6) is 3.41. The fraction of sp³-hybridized carbons (Fsp3) is 0.611. The van der Waals surface area contributed by atoms with Gasteiger partial charge in [0.25, 0.3) is 0 Å². The van der Waals surface area contributed by atoms with Gasteiger partial charge in [-0.25, -0.2) is 0 Å². The first-order valence-corrected chi connectivity index (χ1v) is 9.89. The van der Waals surface area contributed by atoms with Crippen molar-refractivity contribution < 1.29 is 0 Å². The Bertz CT molecular complexity index is 502. The third-order valence-corrected chi connectivity index (χ3v) is 5.63. The Hall–Kier alpha value is -1.36. The Morgan fingerprint density at radius 1 is 1.17 bits per heavy atom. The smallest absolute Gasteiger partial charge is 0.191 e. The summed E-state index contributed by atoms with van der Waals surface area (Å²) in [4.78, 5) is 6.82. The molecule has 126 valence electrons. The first kappa shape index (κ1) is 16.5. The molecule has 2 aliphatic rings. The number of nitrogens with zero attached hydrogens (tertiary/aromatic N) is 2. The predicted molar refractivity (Wildman–Crippen MR) is 102 cm³/mol. The van der Waals surface area contributed by atoms with Gasteiger partial charge in [-0.3, -0.25) is 4.99 Å². The summed E-state index contributed by atoms with van der Waals surface area (Å²) in [6.45, 7) is 3.16. The van der Waals surface area contributed by atoms with Crippen molar-refractivity contribution in [3.05, 3.63) is 29.8 Å². The second-order valence-electron chi connectivity index (χ2n) is 6.32. The molecule has 1 aromatic carbocycles. The van der Waals surface area contributed by atoms with Crippen LogP contribution < -0.4 is 15.5 Å². The van der Waals surface area contributed by atoms with Crippen LogP contribution in [0.5, 0.6) is 0 Å². The van der Waals surface area contributed by atoms with E-state index in [4.69, 9.17) is 0 Å². The predicted octanol–water partition coefficient (Wildman–Crippen LogP) is 2.85. The number of aliphatic imine (C=N–C) groups is 1. The fourth-order valence-corrected chi connectivity index (χ4v) is 4.19. The van der Waals surface area contributed by atoms with Gasteiger partial charge in [0, 0.05) is 49.9 Å². The Labute approximate surface area is 144 Å². The highest BCUT2D eigenvalue weighted by atomic mass is 32.2. The first-order chi connectivity index (χ1) is 11.3. The SMILES string of the molecule is CN=C(NCc1ccc(N2CCSCC2)cc1)NC1CCCC1. The highest BCUT2D eigenvalue weighted by Crippen LogP contribution is 2.20. The van der Waals surface area contributed by atoms with Gasteiger partial charge in [-0.1, -0.05) is 25.0 Å². The molecule has 0 aromatic heterocycles. The molecule has 1 saturated heterocycles. The summed E-state index contributed by atoms with van der Waals surface area (Å²) >= 11 is 2.05. The number of hydrogen-bond acceptors (Lipinski definition) is 3. The normalized spacial score (nSPS) is 19.9. The Balaban J connectivity index is 1.49. The van der Waals surface area contributed by atoms with E-state index in [2.05, 4.69) is 56.6 Å². The monoisotopic (exact) mass is 332 g/mol. The minimum Gasteiger partial charge on any atom is -0.370 e. The van der Waals surface area contributed by atoms with E-state index in [0.717, 1.165) is 12.5 Å². The summed E-state index contributed by atoms with van der Waals surface area (Å²) in [6.07, 6.45) is 5.21. The minimum atomic E-state index is 0.598. The van der Waals surface area contributed by atoms with Crippen LogP contribution in [0.4, 0.5) is 5.69 Å². The van der Waals surface area contributed by atoms with Crippen LogP contribution in [0.15, 0.2) is 29.3 Å². The first-order valence-electron chi connectivity index (χ1n) is 8.74. The fourth-order valence-electron chi connectivity index (χ4n) is 3.29. The summed E-state index contributed by atoms with van der Waals surface area (Å²) in [5.41, 5.74) is 2.65. The Kier molecular flexibility index (Phi) is 6.08. The maximum Gasteiger partial charge on any atom is 0.191 e. The molecule has 23 heavy (non-hydrogen) atoms. The highest BCUT2D eigenvalue weighted by molar-refractivity contribution is 7.99.